The molecule has 0 saturated heterocycles. The number of esters is 1. The van der Waals surface area contributed by atoms with Crippen LogP contribution in [0, 0.1) is 0 Å². The summed E-state index contributed by atoms with van der Waals surface area (Å²) >= 11 is 0. The van der Waals surface area contributed by atoms with Crippen LogP contribution < -0.4 is 19.6 Å². The molecular formula is C28H34O7. The molecule has 1 aromatic heterocycles. The van der Waals surface area contributed by atoms with Crippen LogP contribution in [0.4, 0.5) is 0 Å². The van der Waals surface area contributed by atoms with Crippen LogP contribution in [0.5, 0.6) is 17.2 Å². The molecule has 0 fully saturated rings. The largest absolute Gasteiger partial charge is 0.497 e. The number of aryl methyl sites for hydroxylation is 1. The summed E-state index contributed by atoms with van der Waals surface area (Å²) in [6.45, 7) is 0. The van der Waals surface area contributed by atoms with Gasteiger partial charge in [-0.05, 0) is 30.5 Å². The standard InChI is InChI=1S/C28H34O7/c1-31-20-15-13-19(14-16-20)26-22(11-9-7-5-6-8-10-12-25(29)34-4)35-24-18-21(32-2)17-23(33-3)27(24)28(26)30/h13-18H,5-12H2,1-4H3. The second kappa shape index (κ2) is 12.8. The highest BCUT2D eigenvalue weighted by Gasteiger charge is 2.20. The lowest BCUT2D eigenvalue weighted by Gasteiger charge is -2.14. The molecule has 1 heterocycles. The van der Waals surface area contributed by atoms with Crippen LogP contribution in [0.1, 0.15) is 50.7 Å². The van der Waals surface area contributed by atoms with Crippen LogP contribution in [0.15, 0.2) is 45.6 Å². The molecule has 0 aliphatic carbocycles. The first kappa shape index (κ1) is 26.1. The number of hydrogen-bond acceptors (Lipinski definition) is 7. The van der Waals surface area contributed by atoms with Gasteiger partial charge in [0.05, 0.1) is 34.0 Å². The van der Waals surface area contributed by atoms with Gasteiger partial charge in [-0.3, -0.25) is 9.59 Å². The Morgan fingerprint density at radius 2 is 1.46 bits per heavy atom. The minimum absolute atomic E-state index is 0.131. The van der Waals surface area contributed by atoms with Crippen molar-refractivity contribution in [2.75, 3.05) is 28.4 Å². The molecule has 188 valence electrons. The molecule has 0 aliphatic rings. The summed E-state index contributed by atoms with van der Waals surface area (Å²) in [5.74, 6) is 2.19. The van der Waals surface area contributed by atoms with E-state index in [1.807, 2.05) is 24.3 Å². The molecule has 0 saturated carbocycles. The SMILES string of the molecule is COC(=O)CCCCCCCCc1oc2cc(OC)cc(OC)c2c(=O)c1-c1ccc(OC)cc1. The van der Waals surface area contributed by atoms with E-state index < -0.39 is 0 Å². The minimum Gasteiger partial charge on any atom is -0.497 e. The lowest BCUT2D eigenvalue weighted by molar-refractivity contribution is -0.140. The first-order valence-corrected chi connectivity index (χ1v) is 11.9. The van der Waals surface area contributed by atoms with E-state index in [-0.39, 0.29) is 11.4 Å². The molecular weight excluding hydrogens is 448 g/mol. The van der Waals surface area contributed by atoms with Crippen molar-refractivity contribution < 1.29 is 28.2 Å². The lowest BCUT2D eigenvalue weighted by Crippen LogP contribution is -2.11. The summed E-state index contributed by atoms with van der Waals surface area (Å²) in [6.07, 6.45) is 6.94. The van der Waals surface area contributed by atoms with Gasteiger partial charge < -0.3 is 23.4 Å². The number of hydrogen-bond donors (Lipinski definition) is 0. The van der Waals surface area contributed by atoms with Crippen LogP contribution in [0.3, 0.4) is 0 Å². The highest BCUT2D eigenvalue weighted by molar-refractivity contribution is 5.89. The van der Waals surface area contributed by atoms with Crippen LogP contribution in [-0.2, 0) is 16.0 Å². The minimum atomic E-state index is -0.157. The third-order valence-electron chi connectivity index (χ3n) is 6.10. The summed E-state index contributed by atoms with van der Waals surface area (Å²) in [6, 6.07) is 10.8. The molecule has 3 rings (SSSR count). The predicted molar refractivity (Wildman–Crippen MR) is 136 cm³/mol. The van der Waals surface area contributed by atoms with Crippen molar-refractivity contribution in [1.29, 1.82) is 0 Å². The smallest absolute Gasteiger partial charge is 0.305 e. The normalized spacial score (nSPS) is 10.9. The van der Waals surface area contributed by atoms with Gasteiger partial charge >= 0.3 is 5.97 Å². The molecule has 7 heteroatoms. The average Bonchev–Trinajstić information content (AvgIpc) is 2.89. The molecule has 0 unspecified atom stereocenters. The second-order valence-electron chi connectivity index (χ2n) is 8.36. The van der Waals surface area contributed by atoms with E-state index in [9.17, 15) is 9.59 Å². The van der Waals surface area contributed by atoms with Gasteiger partial charge in [0.25, 0.3) is 0 Å². The van der Waals surface area contributed by atoms with Gasteiger partial charge in [0.2, 0.25) is 5.43 Å². The zero-order valence-corrected chi connectivity index (χ0v) is 21.0. The highest BCUT2D eigenvalue weighted by Crippen LogP contribution is 2.34. The maximum Gasteiger partial charge on any atom is 0.305 e. The quantitative estimate of drug-likeness (QED) is 0.220. The van der Waals surface area contributed by atoms with Gasteiger partial charge in [-0.1, -0.05) is 37.8 Å². The number of benzene rings is 2. The molecule has 0 amide bonds. The van der Waals surface area contributed by atoms with E-state index in [1.165, 1.54) is 14.2 Å². The summed E-state index contributed by atoms with van der Waals surface area (Å²) in [5.41, 5.74) is 1.63. The van der Waals surface area contributed by atoms with Gasteiger partial charge in [0.1, 0.15) is 34.0 Å². The number of methoxy groups -OCH3 is 4. The van der Waals surface area contributed by atoms with Crippen LogP contribution in [0.25, 0.3) is 22.1 Å². The molecule has 0 atom stereocenters. The molecule has 0 radical (unpaired) electrons. The highest BCUT2D eigenvalue weighted by atomic mass is 16.5. The Hall–Kier alpha value is -3.48. The van der Waals surface area contributed by atoms with Gasteiger partial charge in [-0.15, -0.1) is 0 Å². The zero-order valence-electron chi connectivity index (χ0n) is 21.0. The van der Waals surface area contributed by atoms with E-state index in [2.05, 4.69) is 4.74 Å². The van der Waals surface area contributed by atoms with Crippen molar-refractivity contribution in [3.05, 3.63) is 52.4 Å². The Morgan fingerprint density at radius 1 is 0.800 bits per heavy atom. The van der Waals surface area contributed by atoms with Crippen molar-refractivity contribution in [1.82, 2.24) is 0 Å². The van der Waals surface area contributed by atoms with E-state index >= 15 is 0 Å². The van der Waals surface area contributed by atoms with Crippen LogP contribution >= 0.6 is 0 Å². The molecule has 2 aromatic carbocycles. The topological polar surface area (TPSA) is 84.2 Å². The fraction of sp³-hybridized carbons (Fsp3) is 0.429. The fourth-order valence-corrected chi connectivity index (χ4v) is 4.17. The number of carbonyl (C=O) groups excluding carboxylic acids is 1. The monoisotopic (exact) mass is 482 g/mol. The average molecular weight is 483 g/mol. The Labute approximate surface area is 205 Å². The molecule has 35 heavy (non-hydrogen) atoms. The van der Waals surface area contributed by atoms with Crippen molar-refractivity contribution in [2.45, 2.75) is 51.4 Å². The lowest BCUT2D eigenvalue weighted by atomic mass is 9.98. The van der Waals surface area contributed by atoms with Gasteiger partial charge in [0.15, 0.2) is 0 Å². The first-order valence-electron chi connectivity index (χ1n) is 11.9. The van der Waals surface area contributed by atoms with Crippen LogP contribution in [-0.4, -0.2) is 34.4 Å². The first-order chi connectivity index (χ1) is 17.0. The number of rotatable bonds is 13. The molecule has 7 nitrogen and oxygen atoms in total. The Bertz CT molecular complexity index is 1180. The molecule has 0 aliphatic heterocycles. The van der Waals surface area contributed by atoms with Crippen molar-refractivity contribution in [3.63, 3.8) is 0 Å². The maximum absolute atomic E-state index is 13.7. The molecule has 0 spiro atoms. The summed E-state index contributed by atoms with van der Waals surface area (Å²) < 4.78 is 27.1. The molecule has 3 aromatic rings. The Balaban J connectivity index is 1.84. The predicted octanol–water partition coefficient (Wildman–Crippen LogP) is 5.93. The molecule has 0 N–H and O–H groups in total. The number of carbonyl (C=O) groups is 1. The summed E-state index contributed by atoms with van der Waals surface area (Å²) in [5, 5.41) is 0.397. The van der Waals surface area contributed by atoms with Crippen molar-refractivity contribution >= 4 is 16.9 Å². The van der Waals surface area contributed by atoms with E-state index in [0.29, 0.717) is 46.6 Å². The Morgan fingerprint density at radius 3 is 2.09 bits per heavy atom. The zero-order chi connectivity index (χ0) is 25.2. The number of unbranched alkanes of at least 4 members (excludes halogenated alkanes) is 5. The summed E-state index contributed by atoms with van der Waals surface area (Å²) in [7, 11) is 6.12. The van der Waals surface area contributed by atoms with E-state index in [1.54, 1.807) is 26.4 Å². The number of fused-ring (bicyclic) bond motifs is 1. The third-order valence-corrected chi connectivity index (χ3v) is 6.10. The third kappa shape index (κ3) is 6.56. The van der Waals surface area contributed by atoms with Crippen LogP contribution in [0.2, 0.25) is 0 Å². The van der Waals surface area contributed by atoms with E-state index in [0.717, 1.165) is 49.8 Å². The summed E-state index contributed by atoms with van der Waals surface area (Å²) in [4.78, 5) is 24.9. The second-order valence-corrected chi connectivity index (χ2v) is 8.36. The van der Waals surface area contributed by atoms with Crippen molar-refractivity contribution in [3.8, 4) is 28.4 Å². The fourth-order valence-electron chi connectivity index (χ4n) is 4.17. The van der Waals surface area contributed by atoms with Gasteiger partial charge in [0, 0.05) is 25.0 Å². The maximum atomic E-state index is 13.7. The van der Waals surface area contributed by atoms with Gasteiger partial charge in [-0.2, -0.15) is 0 Å². The number of ether oxygens (including phenoxy) is 4. The van der Waals surface area contributed by atoms with E-state index in [4.69, 9.17) is 18.6 Å². The molecule has 0 bridgehead atoms. The van der Waals surface area contributed by atoms with Crippen molar-refractivity contribution in [2.24, 2.45) is 0 Å². The Kier molecular flexibility index (Phi) is 9.58. The van der Waals surface area contributed by atoms with Gasteiger partial charge in [-0.25, -0.2) is 0 Å².